The Bertz CT molecular complexity index is 3050. The van der Waals surface area contributed by atoms with Gasteiger partial charge < -0.3 is 78.5 Å². The quantitative estimate of drug-likeness (QED) is 0.0275. The summed E-state index contributed by atoms with van der Waals surface area (Å²) in [5.74, 6) is -10.3. The Labute approximate surface area is 420 Å². The van der Waals surface area contributed by atoms with Crippen molar-refractivity contribution in [2.45, 2.75) is 68.9 Å². The second kappa shape index (κ2) is 25.3. The van der Waals surface area contributed by atoms with Crippen molar-refractivity contribution in [2.24, 2.45) is 5.73 Å². The van der Waals surface area contributed by atoms with E-state index in [9.17, 15) is 58.2 Å². The number of benzene rings is 3. The summed E-state index contributed by atoms with van der Waals surface area (Å²) in [6.07, 6.45) is 3.36. The van der Waals surface area contributed by atoms with Crippen LogP contribution in [0.15, 0.2) is 91.4 Å². The second-order valence-corrected chi connectivity index (χ2v) is 17.2. The van der Waals surface area contributed by atoms with E-state index in [-0.39, 0.29) is 19.3 Å². The fourth-order valence-corrected chi connectivity index (χ4v) is 7.96. The number of aliphatic hydroxyl groups is 1. The third kappa shape index (κ3) is 14.7. The number of aliphatic carboxylic acids is 2. The highest BCUT2D eigenvalue weighted by Crippen LogP contribution is 2.23. The monoisotopic (exact) mass is 1020 g/mol. The zero-order chi connectivity index (χ0) is 53.5. The van der Waals surface area contributed by atoms with Crippen molar-refractivity contribution < 1.29 is 63.3 Å². The smallest absolute Gasteiger partial charge is 0.322 e. The number of rotatable bonds is 26. The number of nitrogens with two attached hydrogens (primary N) is 1. The molecule has 0 saturated heterocycles. The Kier molecular flexibility index (Phi) is 18.6. The van der Waals surface area contributed by atoms with Crippen molar-refractivity contribution in [1.29, 1.82) is 0 Å². The van der Waals surface area contributed by atoms with E-state index in [1.54, 1.807) is 91.4 Å². The molecule has 0 aliphatic carbocycles. The molecule has 74 heavy (non-hydrogen) atoms. The van der Waals surface area contributed by atoms with E-state index >= 15 is 0 Å². The highest BCUT2D eigenvalue weighted by atomic mass is 16.4. The van der Waals surface area contributed by atoms with E-state index in [1.807, 2.05) is 0 Å². The van der Waals surface area contributed by atoms with Gasteiger partial charge in [0.05, 0.1) is 32.2 Å². The van der Waals surface area contributed by atoms with Gasteiger partial charge in [-0.05, 0) is 41.8 Å². The zero-order valence-corrected chi connectivity index (χ0v) is 39.8. The molecular weight excluding hydrogens is 965 g/mol. The Morgan fingerprint density at radius 3 is 1.26 bits per heavy atom. The summed E-state index contributed by atoms with van der Waals surface area (Å²) in [4.78, 5) is 140. The summed E-state index contributed by atoms with van der Waals surface area (Å²) < 4.78 is 0. The minimum atomic E-state index is -1.84. The number of para-hydroxylation sites is 3. The third-order valence-corrected chi connectivity index (χ3v) is 11.7. The molecule has 390 valence electrons. The zero-order valence-electron chi connectivity index (χ0n) is 39.8. The fourth-order valence-electron chi connectivity index (χ4n) is 7.96. The van der Waals surface area contributed by atoms with Crippen LogP contribution in [0.3, 0.4) is 0 Å². The van der Waals surface area contributed by atoms with E-state index in [0.717, 1.165) is 10.9 Å². The fraction of sp³-hybridized carbons (Fsp3) is 0.306. The number of carbonyl (C=O) groups is 10. The standard InChI is InChI=1S/C49H56N12O13/c1-25(50)44(69)55-22-41(64)57-38(17-42(65)66)48(73)61-39(24-62)49(74)60-37(16-28-20-53-34-13-7-4-10-31(28)34)47(72)59-36(15-27-19-52-33-12-6-3-9-30(27)33)46(71)58-35(45(70)56-21-40(63)54-23-43(67)68)14-26-18-51-32-11-5-2-8-29(26)32/h2-13,18-20,25,35-39,51-53,62H,14-17,21-24,50H2,1H3,(H,54,63)(H,55,69)(H,56,70)(H,57,64)(H,58,71)(H,59,72)(H,60,74)(H,61,73)(H,65,66)(H,67,68)/t25-,35-,36-,37-,38-,39-/m0/s1. The molecule has 0 aliphatic heterocycles. The van der Waals surface area contributed by atoms with Gasteiger partial charge in [0.25, 0.3) is 0 Å². The maximum absolute atomic E-state index is 14.8. The first kappa shape index (κ1) is 54.2. The van der Waals surface area contributed by atoms with Gasteiger partial charge in [0.2, 0.25) is 47.3 Å². The minimum Gasteiger partial charge on any atom is -0.481 e. The van der Waals surface area contributed by atoms with E-state index in [2.05, 4.69) is 57.5 Å². The van der Waals surface area contributed by atoms with Crippen LogP contribution in [-0.4, -0.2) is 152 Å². The molecular formula is C49H56N12O13. The van der Waals surface area contributed by atoms with Crippen molar-refractivity contribution in [3.05, 3.63) is 108 Å². The first-order valence-electron chi connectivity index (χ1n) is 23.2. The van der Waals surface area contributed by atoms with Crippen molar-refractivity contribution in [2.75, 3.05) is 26.2 Å². The summed E-state index contributed by atoms with van der Waals surface area (Å²) in [6.45, 7) is -1.75. The van der Waals surface area contributed by atoms with E-state index in [4.69, 9.17) is 10.8 Å². The van der Waals surface area contributed by atoms with Gasteiger partial charge in [-0.3, -0.25) is 47.9 Å². The molecule has 6 aromatic rings. The summed E-state index contributed by atoms with van der Waals surface area (Å²) in [5, 5.41) is 50.2. The lowest BCUT2D eigenvalue weighted by Crippen LogP contribution is -2.61. The maximum atomic E-state index is 14.8. The molecule has 0 spiro atoms. The van der Waals surface area contributed by atoms with Gasteiger partial charge in [-0.15, -0.1) is 0 Å². The van der Waals surface area contributed by atoms with E-state index in [0.29, 0.717) is 38.5 Å². The van der Waals surface area contributed by atoms with Crippen molar-refractivity contribution in [3.8, 4) is 0 Å². The number of carbonyl (C=O) groups excluding carboxylic acids is 8. The first-order valence-corrected chi connectivity index (χ1v) is 23.2. The van der Waals surface area contributed by atoms with Crippen molar-refractivity contribution in [1.82, 2.24) is 57.5 Å². The van der Waals surface area contributed by atoms with Crippen LogP contribution in [0.25, 0.3) is 32.7 Å². The number of hydrogen-bond donors (Lipinski definition) is 15. The lowest BCUT2D eigenvalue weighted by atomic mass is 10.00. The number of carboxylic acid groups (broad SMARTS) is 2. The van der Waals surface area contributed by atoms with E-state index in [1.165, 1.54) is 6.92 Å². The summed E-state index contributed by atoms with van der Waals surface area (Å²) in [5.41, 5.74) is 9.28. The topological polar surface area (TPSA) is 401 Å². The molecule has 25 heteroatoms. The van der Waals surface area contributed by atoms with Gasteiger partial charge in [-0.1, -0.05) is 54.6 Å². The Morgan fingerprint density at radius 2 is 0.838 bits per heavy atom. The number of carboxylic acids is 2. The summed E-state index contributed by atoms with van der Waals surface area (Å²) >= 11 is 0. The van der Waals surface area contributed by atoms with Crippen LogP contribution < -0.4 is 48.3 Å². The molecule has 3 aromatic heterocycles. The molecule has 3 aromatic carbocycles. The minimum absolute atomic E-state index is 0.124. The van der Waals surface area contributed by atoms with Gasteiger partial charge in [0.15, 0.2) is 0 Å². The van der Waals surface area contributed by atoms with Crippen LogP contribution in [0.4, 0.5) is 0 Å². The molecule has 16 N–H and O–H groups in total. The molecule has 6 atom stereocenters. The van der Waals surface area contributed by atoms with Crippen molar-refractivity contribution >= 4 is 91.9 Å². The van der Waals surface area contributed by atoms with Crippen LogP contribution in [-0.2, 0) is 67.2 Å². The predicted octanol–water partition coefficient (Wildman–Crippen LogP) is -2.17. The molecule has 6 rings (SSSR count). The molecule has 0 bridgehead atoms. The number of fused-ring (bicyclic) bond motifs is 3. The average Bonchev–Trinajstić information content (AvgIpc) is 4.11. The maximum Gasteiger partial charge on any atom is 0.322 e. The second-order valence-electron chi connectivity index (χ2n) is 17.2. The highest BCUT2D eigenvalue weighted by molar-refractivity contribution is 5.99. The van der Waals surface area contributed by atoms with Crippen molar-refractivity contribution in [3.63, 3.8) is 0 Å². The SMILES string of the molecule is C[C@H](N)C(=O)NCC(=O)N[C@@H](CC(=O)O)C(=O)N[C@@H](CO)C(=O)N[C@@H](Cc1c[nH]c2ccccc12)C(=O)N[C@@H](Cc1c[nH]c2ccccc12)C(=O)N[C@@H](Cc1c[nH]c2ccccc12)C(=O)NCC(=O)NCC(=O)O. The summed E-state index contributed by atoms with van der Waals surface area (Å²) in [6, 6.07) is 12.3. The van der Waals surface area contributed by atoms with Crippen LogP contribution in [0.1, 0.15) is 30.0 Å². The van der Waals surface area contributed by atoms with Gasteiger partial charge in [-0.25, -0.2) is 0 Å². The molecule has 3 heterocycles. The molecule has 0 aliphatic rings. The Morgan fingerprint density at radius 1 is 0.459 bits per heavy atom. The largest absolute Gasteiger partial charge is 0.481 e. The van der Waals surface area contributed by atoms with Gasteiger partial charge in [0, 0.05) is 70.6 Å². The summed E-state index contributed by atoms with van der Waals surface area (Å²) in [7, 11) is 0. The normalized spacial score (nSPS) is 13.6. The number of amides is 8. The number of aromatic amines is 3. The number of H-pyrrole nitrogens is 3. The highest BCUT2D eigenvalue weighted by Gasteiger charge is 2.34. The van der Waals surface area contributed by atoms with Gasteiger partial charge >= 0.3 is 11.9 Å². The lowest BCUT2D eigenvalue weighted by molar-refractivity contribution is -0.141. The van der Waals surface area contributed by atoms with Gasteiger partial charge in [-0.2, -0.15) is 0 Å². The molecule has 0 fully saturated rings. The van der Waals surface area contributed by atoms with Crippen LogP contribution in [0, 0.1) is 0 Å². The molecule has 0 unspecified atom stereocenters. The first-order chi connectivity index (χ1) is 35.4. The Hall–Kier alpha value is -9.10. The number of hydrogen-bond acceptors (Lipinski definition) is 12. The lowest BCUT2D eigenvalue weighted by Gasteiger charge is -2.27. The number of aliphatic hydroxyl groups excluding tert-OH is 1. The van der Waals surface area contributed by atoms with Crippen LogP contribution in [0.5, 0.6) is 0 Å². The van der Waals surface area contributed by atoms with Crippen LogP contribution in [0.2, 0.25) is 0 Å². The predicted molar refractivity (Wildman–Crippen MR) is 265 cm³/mol. The molecule has 8 amide bonds. The van der Waals surface area contributed by atoms with Crippen LogP contribution >= 0.6 is 0 Å². The van der Waals surface area contributed by atoms with E-state index < -0.39 is 128 Å². The number of nitrogens with one attached hydrogen (secondary N) is 11. The average molecular weight is 1020 g/mol. The third-order valence-electron chi connectivity index (χ3n) is 11.7. The number of aromatic nitrogens is 3. The molecule has 25 nitrogen and oxygen atoms in total. The molecule has 0 radical (unpaired) electrons. The molecule has 0 saturated carbocycles. The Balaban J connectivity index is 1.29. The van der Waals surface area contributed by atoms with Gasteiger partial charge in [0.1, 0.15) is 36.8 Å².